The summed E-state index contributed by atoms with van der Waals surface area (Å²) < 4.78 is 17.0. The summed E-state index contributed by atoms with van der Waals surface area (Å²) in [6, 6.07) is 13.1. The van der Waals surface area contributed by atoms with E-state index in [0.29, 0.717) is 28.5 Å². The smallest absolute Gasteiger partial charge is 0.173 e. The van der Waals surface area contributed by atoms with Crippen LogP contribution < -0.4 is 9.47 Å². The Morgan fingerprint density at radius 1 is 1.04 bits per heavy atom. The Hall–Kier alpha value is -2.31. The second-order valence-electron chi connectivity index (χ2n) is 5.08. The minimum atomic E-state index is -0.185. The van der Waals surface area contributed by atoms with Gasteiger partial charge in [0.2, 0.25) is 0 Å². The first-order valence-electron chi connectivity index (χ1n) is 7.25. The molecule has 0 amide bonds. The predicted octanol–water partition coefficient (Wildman–Crippen LogP) is 4.28. The number of hydrogen-bond donors (Lipinski definition) is 1. The van der Waals surface area contributed by atoms with Crippen molar-refractivity contribution in [1.29, 1.82) is 0 Å². The van der Waals surface area contributed by atoms with E-state index in [9.17, 15) is 5.11 Å². The van der Waals surface area contributed by atoms with Gasteiger partial charge in [-0.3, -0.25) is 0 Å². The van der Waals surface area contributed by atoms with Crippen molar-refractivity contribution in [1.82, 2.24) is 5.16 Å². The van der Waals surface area contributed by atoms with Crippen LogP contribution in [0, 0.1) is 0 Å². The minimum Gasteiger partial charge on any atom is -0.493 e. The fraction of sp³-hybridized carbons (Fsp3) is 0.167. The second kappa shape index (κ2) is 7.07. The monoisotopic (exact) mass is 389 g/mol. The van der Waals surface area contributed by atoms with Crippen molar-refractivity contribution in [2.45, 2.75) is 6.61 Å². The normalized spacial score (nSPS) is 10.7. The maximum absolute atomic E-state index is 9.84. The Bertz CT molecular complexity index is 860. The highest BCUT2D eigenvalue weighted by atomic mass is 79.9. The van der Waals surface area contributed by atoms with Crippen LogP contribution in [-0.4, -0.2) is 24.5 Å². The summed E-state index contributed by atoms with van der Waals surface area (Å²) in [5.74, 6) is 1.71. The molecule has 0 bridgehead atoms. The minimum absolute atomic E-state index is 0.185. The van der Waals surface area contributed by atoms with Gasteiger partial charge in [-0.2, -0.15) is 0 Å². The largest absolute Gasteiger partial charge is 0.493 e. The zero-order valence-corrected chi connectivity index (χ0v) is 14.8. The Kier molecular flexibility index (Phi) is 4.87. The van der Waals surface area contributed by atoms with E-state index in [1.54, 1.807) is 26.4 Å². The molecule has 0 fully saturated rings. The molecule has 0 radical (unpaired) electrons. The van der Waals surface area contributed by atoms with Crippen LogP contribution in [0.2, 0.25) is 0 Å². The van der Waals surface area contributed by atoms with E-state index in [2.05, 4.69) is 21.1 Å². The zero-order valence-electron chi connectivity index (χ0n) is 13.2. The Labute approximate surface area is 147 Å². The van der Waals surface area contributed by atoms with Gasteiger partial charge in [-0.1, -0.05) is 33.2 Å². The lowest BCUT2D eigenvalue weighted by atomic mass is 10.0. The topological polar surface area (TPSA) is 64.7 Å². The third-order valence-electron chi connectivity index (χ3n) is 3.69. The van der Waals surface area contributed by atoms with Crippen molar-refractivity contribution in [3.8, 4) is 34.1 Å². The summed E-state index contributed by atoms with van der Waals surface area (Å²) in [6.45, 7) is -0.185. The number of aromatic nitrogens is 1. The van der Waals surface area contributed by atoms with E-state index in [1.807, 2.05) is 30.3 Å². The predicted molar refractivity (Wildman–Crippen MR) is 94.1 cm³/mol. The molecule has 3 aromatic rings. The second-order valence-corrected chi connectivity index (χ2v) is 5.99. The number of methoxy groups -OCH3 is 2. The van der Waals surface area contributed by atoms with E-state index < -0.39 is 0 Å². The van der Waals surface area contributed by atoms with Crippen molar-refractivity contribution in [2.75, 3.05) is 14.2 Å². The van der Waals surface area contributed by atoms with Crippen molar-refractivity contribution in [2.24, 2.45) is 0 Å². The van der Waals surface area contributed by atoms with Gasteiger partial charge >= 0.3 is 0 Å². The molecule has 0 aliphatic rings. The van der Waals surface area contributed by atoms with E-state index in [0.717, 1.165) is 15.6 Å². The molecule has 3 rings (SSSR count). The molecule has 0 aliphatic heterocycles. The molecule has 0 unspecified atom stereocenters. The zero-order chi connectivity index (χ0) is 17.1. The standard InChI is InChI=1S/C18H16BrNO4/c1-22-15-7-6-12(9-16(15)23-2)18-14(10-21)17(20-24-18)11-4-3-5-13(19)8-11/h3-9,21H,10H2,1-2H3. The van der Waals surface area contributed by atoms with E-state index >= 15 is 0 Å². The lowest BCUT2D eigenvalue weighted by Crippen LogP contribution is -1.92. The van der Waals surface area contributed by atoms with Crippen LogP contribution in [0.3, 0.4) is 0 Å². The van der Waals surface area contributed by atoms with E-state index in [-0.39, 0.29) is 6.61 Å². The lowest BCUT2D eigenvalue weighted by Gasteiger charge is -2.08. The lowest BCUT2D eigenvalue weighted by molar-refractivity contribution is 0.281. The summed E-state index contributed by atoms with van der Waals surface area (Å²) in [4.78, 5) is 0. The average molecular weight is 390 g/mol. The molecule has 0 atom stereocenters. The summed E-state index contributed by atoms with van der Waals surface area (Å²) in [6.07, 6.45) is 0. The number of aliphatic hydroxyl groups excluding tert-OH is 1. The van der Waals surface area contributed by atoms with Crippen LogP contribution in [0.5, 0.6) is 11.5 Å². The first-order chi connectivity index (χ1) is 11.7. The van der Waals surface area contributed by atoms with Crippen molar-refractivity contribution in [3.63, 3.8) is 0 Å². The molecule has 1 N–H and O–H groups in total. The van der Waals surface area contributed by atoms with Gasteiger partial charge < -0.3 is 19.1 Å². The summed E-state index contributed by atoms with van der Waals surface area (Å²) in [5, 5.41) is 14.0. The molecule has 0 spiro atoms. The Balaban J connectivity index is 2.10. The van der Waals surface area contributed by atoms with Gasteiger partial charge in [-0.05, 0) is 30.3 Å². The van der Waals surface area contributed by atoms with Crippen LogP contribution in [-0.2, 0) is 6.61 Å². The van der Waals surface area contributed by atoms with Gasteiger partial charge in [-0.25, -0.2) is 0 Å². The highest BCUT2D eigenvalue weighted by molar-refractivity contribution is 9.10. The van der Waals surface area contributed by atoms with E-state index in [1.165, 1.54) is 0 Å². The molecule has 24 heavy (non-hydrogen) atoms. The molecule has 1 aromatic heterocycles. The number of hydrogen-bond acceptors (Lipinski definition) is 5. The van der Waals surface area contributed by atoms with Gasteiger partial charge in [0.25, 0.3) is 0 Å². The quantitative estimate of drug-likeness (QED) is 0.705. The van der Waals surface area contributed by atoms with Gasteiger partial charge in [0.15, 0.2) is 17.3 Å². The van der Waals surface area contributed by atoms with Crippen LogP contribution in [0.1, 0.15) is 5.56 Å². The van der Waals surface area contributed by atoms with Gasteiger partial charge in [0.1, 0.15) is 5.69 Å². The maximum atomic E-state index is 9.84. The maximum Gasteiger partial charge on any atom is 0.173 e. The van der Waals surface area contributed by atoms with Crippen molar-refractivity contribution < 1.29 is 19.1 Å². The number of ether oxygens (including phenoxy) is 2. The first-order valence-corrected chi connectivity index (χ1v) is 8.05. The number of benzene rings is 2. The number of aliphatic hydroxyl groups is 1. The van der Waals surface area contributed by atoms with Crippen LogP contribution in [0.25, 0.3) is 22.6 Å². The number of nitrogens with zero attached hydrogens (tertiary/aromatic N) is 1. The van der Waals surface area contributed by atoms with Gasteiger partial charge in [0.05, 0.1) is 26.4 Å². The Morgan fingerprint density at radius 3 is 2.50 bits per heavy atom. The molecule has 0 aliphatic carbocycles. The van der Waals surface area contributed by atoms with E-state index in [4.69, 9.17) is 14.0 Å². The highest BCUT2D eigenvalue weighted by Crippen LogP contribution is 2.37. The molecule has 124 valence electrons. The average Bonchev–Trinajstić information content (AvgIpc) is 3.05. The molecule has 0 saturated heterocycles. The van der Waals surface area contributed by atoms with Crippen LogP contribution in [0.4, 0.5) is 0 Å². The molecule has 2 aromatic carbocycles. The molecule has 6 heteroatoms. The summed E-state index contributed by atoms with van der Waals surface area (Å²) >= 11 is 3.44. The fourth-order valence-corrected chi connectivity index (χ4v) is 2.92. The summed E-state index contributed by atoms with van der Waals surface area (Å²) in [7, 11) is 3.15. The van der Waals surface area contributed by atoms with Crippen LogP contribution >= 0.6 is 15.9 Å². The molecule has 0 saturated carbocycles. The van der Waals surface area contributed by atoms with Crippen LogP contribution in [0.15, 0.2) is 51.5 Å². The third-order valence-corrected chi connectivity index (χ3v) is 4.18. The third kappa shape index (κ3) is 3.02. The number of rotatable bonds is 5. The fourth-order valence-electron chi connectivity index (χ4n) is 2.52. The first kappa shape index (κ1) is 16.5. The molecular formula is C18H16BrNO4. The SMILES string of the molecule is COc1ccc(-c2onc(-c3cccc(Br)c3)c2CO)cc1OC. The molecule has 5 nitrogen and oxygen atoms in total. The Morgan fingerprint density at radius 2 is 1.83 bits per heavy atom. The van der Waals surface area contributed by atoms with Gasteiger partial charge in [0, 0.05) is 15.6 Å². The van der Waals surface area contributed by atoms with Crippen molar-refractivity contribution in [3.05, 3.63) is 52.5 Å². The molecular weight excluding hydrogens is 374 g/mol. The molecule has 1 heterocycles. The summed E-state index contributed by atoms with van der Waals surface area (Å²) in [5.41, 5.74) is 2.86. The van der Waals surface area contributed by atoms with Gasteiger partial charge in [-0.15, -0.1) is 0 Å². The highest BCUT2D eigenvalue weighted by Gasteiger charge is 2.19. The number of halogens is 1. The van der Waals surface area contributed by atoms with Crippen molar-refractivity contribution >= 4 is 15.9 Å².